The Hall–Kier alpha value is -1.61. The van der Waals surface area contributed by atoms with Gasteiger partial charge in [0.25, 0.3) is 0 Å². The van der Waals surface area contributed by atoms with Crippen molar-refractivity contribution in [2.75, 3.05) is 6.61 Å². The van der Waals surface area contributed by atoms with Crippen molar-refractivity contribution >= 4 is 0 Å². The number of nitrogens with zero attached hydrogens (tertiary/aromatic N) is 2. The van der Waals surface area contributed by atoms with Crippen molar-refractivity contribution in [3.05, 3.63) is 53.3 Å². The Balaban J connectivity index is 2.04. The molecule has 0 saturated carbocycles. The molecule has 0 aliphatic heterocycles. The summed E-state index contributed by atoms with van der Waals surface area (Å²) in [5.74, 6) is 0.237. The summed E-state index contributed by atoms with van der Waals surface area (Å²) in [6.45, 7) is 2.31. The van der Waals surface area contributed by atoms with Gasteiger partial charge in [0.05, 0.1) is 5.69 Å². The second kappa shape index (κ2) is 5.83. The Morgan fingerprint density at radius 3 is 2.61 bits per heavy atom. The number of rotatable bonds is 5. The molecule has 0 bridgehead atoms. The molecule has 18 heavy (non-hydrogen) atoms. The summed E-state index contributed by atoms with van der Waals surface area (Å²) in [4.78, 5) is 0. The van der Waals surface area contributed by atoms with Gasteiger partial charge in [0.1, 0.15) is 0 Å². The molecule has 0 aliphatic rings. The van der Waals surface area contributed by atoms with E-state index in [0.717, 1.165) is 18.5 Å². The number of aliphatic hydroxyl groups is 1. The van der Waals surface area contributed by atoms with Gasteiger partial charge in [-0.05, 0) is 42.9 Å². The van der Waals surface area contributed by atoms with Crippen LogP contribution in [0.4, 0.5) is 0 Å². The van der Waals surface area contributed by atoms with E-state index in [-0.39, 0.29) is 12.5 Å². The Morgan fingerprint density at radius 1 is 1.22 bits per heavy atom. The molecule has 1 aromatic heterocycles. The second-order valence-electron chi connectivity index (χ2n) is 4.86. The summed E-state index contributed by atoms with van der Waals surface area (Å²) in [7, 11) is 1.92. The number of benzene rings is 1. The highest BCUT2D eigenvalue weighted by Crippen LogP contribution is 2.16. The molecule has 2 aromatic rings. The number of hydrogen-bond acceptors (Lipinski definition) is 2. The van der Waals surface area contributed by atoms with Gasteiger partial charge in [-0.3, -0.25) is 4.68 Å². The molecule has 2 rings (SSSR count). The molecule has 1 aromatic carbocycles. The van der Waals surface area contributed by atoms with Crippen LogP contribution in [0, 0.1) is 12.8 Å². The average molecular weight is 244 g/mol. The van der Waals surface area contributed by atoms with Gasteiger partial charge < -0.3 is 5.11 Å². The van der Waals surface area contributed by atoms with Crippen LogP contribution in [-0.2, 0) is 19.9 Å². The maximum Gasteiger partial charge on any atom is 0.0628 e. The van der Waals surface area contributed by atoms with Gasteiger partial charge in [-0.2, -0.15) is 5.10 Å². The predicted molar refractivity (Wildman–Crippen MR) is 72.4 cm³/mol. The van der Waals surface area contributed by atoms with Crippen LogP contribution in [0.5, 0.6) is 0 Å². The fourth-order valence-electron chi connectivity index (χ4n) is 2.22. The first-order chi connectivity index (χ1) is 8.69. The fraction of sp³-hybridized carbons (Fsp3) is 0.400. The maximum absolute atomic E-state index is 9.51. The Labute approximate surface area is 108 Å². The average Bonchev–Trinajstić information content (AvgIpc) is 2.76. The minimum Gasteiger partial charge on any atom is -0.396 e. The topological polar surface area (TPSA) is 38.0 Å². The second-order valence-corrected chi connectivity index (χ2v) is 4.86. The summed E-state index contributed by atoms with van der Waals surface area (Å²) in [6.07, 6.45) is 3.67. The standard InChI is InChI=1S/C15H20N2O/c1-12-5-3-4-6-14(12)9-13(11-18)10-15-7-8-17(2)16-15/h3-8,13,18H,9-11H2,1-2H3. The summed E-state index contributed by atoms with van der Waals surface area (Å²) in [6, 6.07) is 10.4. The lowest BCUT2D eigenvalue weighted by molar-refractivity contribution is 0.224. The van der Waals surface area contributed by atoms with Crippen molar-refractivity contribution in [3.8, 4) is 0 Å². The van der Waals surface area contributed by atoms with Gasteiger partial charge in [0, 0.05) is 19.9 Å². The molecule has 1 unspecified atom stereocenters. The zero-order chi connectivity index (χ0) is 13.0. The Kier molecular flexibility index (Phi) is 4.15. The molecule has 0 saturated heterocycles. The largest absolute Gasteiger partial charge is 0.396 e. The van der Waals surface area contributed by atoms with Crippen molar-refractivity contribution < 1.29 is 5.11 Å². The summed E-state index contributed by atoms with van der Waals surface area (Å²) in [5, 5.41) is 13.9. The Bertz CT molecular complexity index is 505. The van der Waals surface area contributed by atoms with E-state index in [0.29, 0.717) is 0 Å². The van der Waals surface area contributed by atoms with E-state index in [2.05, 4.69) is 30.2 Å². The molecule has 3 nitrogen and oxygen atoms in total. The minimum atomic E-state index is 0.199. The number of hydrogen-bond donors (Lipinski definition) is 1. The SMILES string of the molecule is Cc1ccccc1CC(CO)Cc1ccn(C)n1. The van der Waals surface area contributed by atoms with E-state index in [1.165, 1.54) is 11.1 Å². The minimum absolute atomic E-state index is 0.199. The van der Waals surface area contributed by atoms with Gasteiger partial charge in [-0.25, -0.2) is 0 Å². The molecule has 0 aliphatic carbocycles. The fourth-order valence-corrected chi connectivity index (χ4v) is 2.22. The molecule has 0 radical (unpaired) electrons. The van der Waals surface area contributed by atoms with Crippen molar-refractivity contribution in [3.63, 3.8) is 0 Å². The number of aryl methyl sites for hydroxylation is 2. The van der Waals surface area contributed by atoms with Crippen molar-refractivity contribution in [1.29, 1.82) is 0 Å². The summed E-state index contributed by atoms with van der Waals surface area (Å²) >= 11 is 0. The van der Waals surface area contributed by atoms with Gasteiger partial charge in [-0.1, -0.05) is 24.3 Å². The van der Waals surface area contributed by atoms with Crippen LogP contribution in [0.25, 0.3) is 0 Å². The van der Waals surface area contributed by atoms with Crippen LogP contribution < -0.4 is 0 Å². The van der Waals surface area contributed by atoms with Crippen molar-refractivity contribution in [2.45, 2.75) is 19.8 Å². The van der Waals surface area contributed by atoms with E-state index in [4.69, 9.17) is 0 Å². The number of aromatic nitrogens is 2. The highest BCUT2D eigenvalue weighted by molar-refractivity contribution is 5.26. The normalized spacial score (nSPS) is 12.6. The van der Waals surface area contributed by atoms with Crippen LogP contribution in [0.3, 0.4) is 0 Å². The van der Waals surface area contributed by atoms with Gasteiger partial charge in [0.15, 0.2) is 0 Å². The highest BCUT2D eigenvalue weighted by Gasteiger charge is 2.12. The molecule has 3 heteroatoms. The lowest BCUT2D eigenvalue weighted by atomic mass is 9.93. The first kappa shape index (κ1) is 12.8. The summed E-state index contributed by atoms with van der Waals surface area (Å²) < 4.78 is 1.80. The third kappa shape index (κ3) is 3.20. The van der Waals surface area contributed by atoms with Crippen LogP contribution in [0.1, 0.15) is 16.8 Å². The van der Waals surface area contributed by atoms with Crippen LogP contribution in [-0.4, -0.2) is 21.5 Å². The van der Waals surface area contributed by atoms with E-state index >= 15 is 0 Å². The summed E-state index contributed by atoms with van der Waals surface area (Å²) in [5.41, 5.74) is 3.65. The zero-order valence-electron chi connectivity index (χ0n) is 11.0. The molecule has 96 valence electrons. The lowest BCUT2D eigenvalue weighted by Gasteiger charge is -2.14. The van der Waals surface area contributed by atoms with E-state index in [1.807, 2.05) is 25.4 Å². The van der Waals surface area contributed by atoms with E-state index in [9.17, 15) is 5.11 Å². The molecule has 1 heterocycles. The smallest absolute Gasteiger partial charge is 0.0628 e. The Morgan fingerprint density at radius 2 is 2.00 bits per heavy atom. The zero-order valence-corrected chi connectivity index (χ0v) is 11.0. The monoisotopic (exact) mass is 244 g/mol. The molecule has 0 amide bonds. The molecule has 0 spiro atoms. The third-order valence-corrected chi connectivity index (χ3v) is 3.29. The van der Waals surface area contributed by atoms with Crippen LogP contribution in [0.2, 0.25) is 0 Å². The van der Waals surface area contributed by atoms with Crippen molar-refractivity contribution in [2.24, 2.45) is 13.0 Å². The van der Waals surface area contributed by atoms with Gasteiger partial charge in [0.2, 0.25) is 0 Å². The lowest BCUT2D eigenvalue weighted by Crippen LogP contribution is -2.14. The molecule has 0 fully saturated rings. The van der Waals surface area contributed by atoms with Crippen molar-refractivity contribution in [1.82, 2.24) is 9.78 Å². The molecule has 1 N–H and O–H groups in total. The van der Waals surface area contributed by atoms with Gasteiger partial charge >= 0.3 is 0 Å². The van der Waals surface area contributed by atoms with E-state index in [1.54, 1.807) is 4.68 Å². The molecular weight excluding hydrogens is 224 g/mol. The first-order valence-electron chi connectivity index (χ1n) is 6.33. The number of aliphatic hydroxyl groups excluding tert-OH is 1. The first-order valence-corrected chi connectivity index (χ1v) is 6.33. The quantitative estimate of drug-likeness (QED) is 0.875. The third-order valence-electron chi connectivity index (χ3n) is 3.29. The molecular formula is C15H20N2O. The van der Waals surface area contributed by atoms with Crippen LogP contribution >= 0.6 is 0 Å². The van der Waals surface area contributed by atoms with Crippen LogP contribution in [0.15, 0.2) is 36.5 Å². The maximum atomic E-state index is 9.51. The molecule has 1 atom stereocenters. The predicted octanol–water partition coefficient (Wildman–Crippen LogP) is 2.12. The van der Waals surface area contributed by atoms with E-state index < -0.39 is 0 Å². The van der Waals surface area contributed by atoms with Gasteiger partial charge in [-0.15, -0.1) is 0 Å². The highest BCUT2D eigenvalue weighted by atomic mass is 16.3.